The molecule has 13 heavy (non-hydrogen) atoms. The van der Waals surface area contributed by atoms with Gasteiger partial charge in [-0.25, -0.2) is 4.79 Å². The van der Waals surface area contributed by atoms with Crippen molar-refractivity contribution in [2.45, 2.75) is 20.3 Å². The van der Waals surface area contributed by atoms with Crippen LogP contribution >= 0.6 is 0 Å². The Morgan fingerprint density at radius 2 is 2.23 bits per heavy atom. The average Bonchev–Trinajstić information content (AvgIpc) is 2.54. The molecule has 0 bridgehead atoms. The van der Waals surface area contributed by atoms with Crippen LogP contribution in [0.2, 0.25) is 0 Å². The molecule has 0 fully saturated rings. The third kappa shape index (κ3) is 2.37. The minimum absolute atomic E-state index is 0.268. The van der Waals surface area contributed by atoms with Gasteiger partial charge in [0.25, 0.3) is 0 Å². The van der Waals surface area contributed by atoms with Gasteiger partial charge in [-0.15, -0.1) is 0 Å². The minimum atomic E-state index is -0.268. The van der Waals surface area contributed by atoms with Gasteiger partial charge in [0.05, 0.1) is 18.8 Å². The van der Waals surface area contributed by atoms with Crippen LogP contribution in [0, 0.1) is 0 Å². The quantitative estimate of drug-likeness (QED) is 0.658. The zero-order valence-corrected chi connectivity index (χ0v) is 8.05. The molecule has 1 aliphatic rings. The van der Waals surface area contributed by atoms with Crippen LogP contribution in [0.1, 0.15) is 20.3 Å². The summed E-state index contributed by atoms with van der Waals surface area (Å²) in [5, 5.41) is 3.00. The lowest BCUT2D eigenvalue weighted by molar-refractivity contribution is -0.138. The first-order valence-corrected chi connectivity index (χ1v) is 4.56. The van der Waals surface area contributed by atoms with Crippen molar-refractivity contribution in [3.63, 3.8) is 0 Å². The Bertz CT molecular complexity index is 223. The first-order valence-electron chi connectivity index (χ1n) is 4.56. The van der Waals surface area contributed by atoms with Gasteiger partial charge in [0.2, 0.25) is 0 Å². The lowest BCUT2D eigenvalue weighted by Gasteiger charge is -2.06. The molecule has 0 aromatic heterocycles. The minimum Gasteiger partial charge on any atom is -0.479 e. The van der Waals surface area contributed by atoms with Crippen LogP contribution in [-0.4, -0.2) is 25.7 Å². The second kappa shape index (κ2) is 4.74. The van der Waals surface area contributed by atoms with Crippen LogP contribution in [0.3, 0.4) is 0 Å². The van der Waals surface area contributed by atoms with E-state index in [9.17, 15) is 4.79 Å². The summed E-state index contributed by atoms with van der Waals surface area (Å²) in [4.78, 5) is 11.3. The third-order valence-electron chi connectivity index (χ3n) is 1.75. The zero-order valence-electron chi connectivity index (χ0n) is 8.05. The number of hydrogen-bond acceptors (Lipinski definition) is 4. The number of hydrogen-bond donors (Lipinski definition) is 1. The van der Waals surface area contributed by atoms with E-state index in [1.807, 2.05) is 6.92 Å². The number of carbonyl (C=O) groups excluding carboxylic acids is 1. The molecular formula is C9H15NO3. The number of esters is 1. The Morgan fingerprint density at radius 3 is 2.85 bits per heavy atom. The molecule has 0 saturated heterocycles. The molecule has 0 aliphatic carbocycles. The standard InChI is InChI=1S/C9H15NO3/c1-3-12-8-7(5-6-10-8)9(11)13-4-2/h10H,3-6H2,1-2H3. The van der Waals surface area contributed by atoms with E-state index >= 15 is 0 Å². The van der Waals surface area contributed by atoms with E-state index in [-0.39, 0.29) is 5.97 Å². The molecule has 4 nitrogen and oxygen atoms in total. The summed E-state index contributed by atoms with van der Waals surface area (Å²) in [6.45, 7) is 5.40. The molecule has 74 valence electrons. The molecule has 1 aliphatic heterocycles. The van der Waals surface area contributed by atoms with Crippen molar-refractivity contribution in [3.8, 4) is 0 Å². The van der Waals surface area contributed by atoms with Crippen LogP contribution in [0.15, 0.2) is 11.5 Å². The van der Waals surface area contributed by atoms with Crippen LogP contribution < -0.4 is 5.32 Å². The molecule has 4 heteroatoms. The Hall–Kier alpha value is -1.19. The normalized spacial score (nSPS) is 15.5. The van der Waals surface area contributed by atoms with Crippen molar-refractivity contribution in [3.05, 3.63) is 11.5 Å². The number of ether oxygens (including phenoxy) is 2. The maximum absolute atomic E-state index is 11.3. The van der Waals surface area contributed by atoms with E-state index in [1.165, 1.54) is 0 Å². The maximum Gasteiger partial charge on any atom is 0.339 e. The molecule has 0 saturated carbocycles. The first-order chi connectivity index (χ1) is 6.29. The number of nitrogens with one attached hydrogen (secondary N) is 1. The van der Waals surface area contributed by atoms with Gasteiger partial charge in [-0.3, -0.25) is 0 Å². The lowest BCUT2D eigenvalue weighted by Crippen LogP contribution is -2.13. The van der Waals surface area contributed by atoms with E-state index in [1.54, 1.807) is 6.92 Å². The van der Waals surface area contributed by atoms with Gasteiger partial charge in [0.15, 0.2) is 5.88 Å². The van der Waals surface area contributed by atoms with Gasteiger partial charge >= 0.3 is 5.97 Å². The van der Waals surface area contributed by atoms with E-state index in [0.29, 0.717) is 31.1 Å². The van der Waals surface area contributed by atoms with Crippen LogP contribution in [0.5, 0.6) is 0 Å². The second-order valence-corrected chi connectivity index (χ2v) is 2.64. The van der Waals surface area contributed by atoms with E-state index < -0.39 is 0 Å². The van der Waals surface area contributed by atoms with E-state index in [2.05, 4.69) is 5.32 Å². The highest BCUT2D eigenvalue weighted by Gasteiger charge is 2.22. The highest BCUT2D eigenvalue weighted by molar-refractivity contribution is 5.89. The van der Waals surface area contributed by atoms with Crippen molar-refractivity contribution < 1.29 is 14.3 Å². The molecule has 0 radical (unpaired) electrons. The maximum atomic E-state index is 11.3. The topological polar surface area (TPSA) is 47.6 Å². The van der Waals surface area contributed by atoms with Crippen molar-refractivity contribution in [1.82, 2.24) is 5.32 Å². The average molecular weight is 185 g/mol. The molecule has 1 heterocycles. The van der Waals surface area contributed by atoms with Gasteiger partial charge in [-0.05, 0) is 13.8 Å². The molecule has 1 N–H and O–H groups in total. The van der Waals surface area contributed by atoms with E-state index in [0.717, 1.165) is 6.54 Å². The van der Waals surface area contributed by atoms with Gasteiger partial charge in [0, 0.05) is 13.0 Å². The highest BCUT2D eigenvalue weighted by Crippen LogP contribution is 2.15. The molecule has 1 rings (SSSR count). The van der Waals surface area contributed by atoms with Crippen LogP contribution in [0.4, 0.5) is 0 Å². The Balaban J connectivity index is 2.63. The van der Waals surface area contributed by atoms with Crippen LogP contribution in [0.25, 0.3) is 0 Å². The molecule has 0 atom stereocenters. The van der Waals surface area contributed by atoms with Crippen molar-refractivity contribution in [2.75, 3.05) is 19.8 Å². The molecule has 0 amide bonds. The van der Waals surface area contributed by atoms with Gasteiger partial charge in [-0.2, -0.15) is 0 Å². The van der Waals surface area contributed by atoms with Crippen molar-refractivity contribution in [1.29, 1.82) is 0 Å². The smallest absolute Gasteiger partial charge is 0.339 e. The predicted molar refractivity (Wildman–Crippen MR) is 47.9 cm³/mol. The monoisotopic (exact) mass is 185 g/mol. The van der Waals surface area contributed by atoms with E-state index in [4.69, 9.17) is 9.47 Å². The highest BCUT2D eigenvalue weighted by atomic mass is 16.5. The third-order valence-corrected chi connectivity index (χ3v) is 1.75. The predicted octanol–water partition coefficient (Wildman–Crippen LogP) is 0.791. The number of carbonyl (C=O) groups is 1. The summed E-state index contributed by atoms with van der Waals surface area (Å²) in [5.41, 5.74) is 0.628. The number of rotatable bonds is 4. The zero-order chi connectivity index (χ0) is 9.68. The van der Waals surface area contributed by atoms with Gasteiger partial charge in [0.1, 0.15) is 0 Å². The Kier molecular flexibility index (Phi) is 3.61. The molecule has 0 unspecified atom stereocenters. The molecule has 0 spiro atoms. The second-order valence-electron chi connectivity index (χ2n) is 2.64. The molecule has 0 aromatic rings. The van der Waals surface area contributed by atoms with Crippen molar-refractivity contribution in [2.24, 2.45) is 0 Å². The summed E-state index contributed by atoms with van der Waals surface area (Å²) < 4.78 is 10.1. The fraction of sp³-hybridized carbons (Fsp3) is 0.667. The lowest BCUT2D eigenvalue weighted by atomic mass is 10.2. The summed E-state index contributed by atoms with van der Waals surface area (Å²) in [6.07, 6.45) is 0.689. The van der Waals surface area contributed by atoms with Gasteiger partial charge in [-0.1, -0.05) is 0 Å². The summed E-state index contributed by atoms with van der Waals surface area (Å²) >= 11 is 0. The van der Waals surface area contributed by atoms with Crippen molar-refractivity contribution >= 4 is 5.97 Å². The largest absolute Gasteiger partial charge is 0.479 e. The fourth-order valence-corrected chi connectivity index (χ4v) is 1.22. The summed E-state index contributed by atoms with van der Waals surface area (Å²) in [5.74, 6) is 0.317. The fourth-order valence-electron chi connectivity index (χ4n) is 1.22. The van der Waals surface area contributed by atoms with Gasteiger partial charge < -0.3 is 14.8 Å². The Morgan fingerprint density at radius 1 is 1.46 bits per heavy atom. The molecular weight excluding hydrogens is 170 g/mol. The Labute approximate surface area is 77.9 Å². The first kappa shape index (κ1) is 9.89. The summed E-state index contributed by atoms with van der Waals surface area (Å²) in [6, 6.07) is 0. The summed E-state index contributed by atoms with van der Waals surface area (Å²) in [7, 11) is 0. The van der Waals surface area contributed by atoms with Crippen LogP contribution in [-0.2, 0) is 14.3 Å². The SMILES string of the molecule is CCOC(=O)C1=C(OCC)NCC1. The molecule has 0 aromatic carbocycles.